The molecule has 4 aromatic carbocycles. The van der Waals surface area contributed by atoms with Gasteiger partial charge in [0, 0.05) is 18.2 Å². The zero-order chi connectivity index (χ0) is 73.9. The summed E-state index contributed by atoms with van der Waals surface area (Å²) in [6.07, 6.45) is -40.5. The van der Waals surface area contributed by atoms with E-state index in [0.717, 1.165) is 24.3 Å². The fraction of sp³-hybridized carbons (Fsp3) is 0.493. The minimum absolute atomic E-state index is 0.0111. The zero-order valence-corrected chi connectivity index (χ0v) is 54.7. The molecule has 102 heavy (non-hydrogen) atoms. The number of hydrogen-bond donors (Lipinski definition) is 15. The number of rotatable bonds is 27. The Morgan fingerprint density at radius 3 is 1.52 bits per heavy atom. The first-order chi connectivity index (χ1) is 48.7. The predicted octanol–water partition coefficient (Wildman–Crippen LogP) is -3.45. The van der Waals surface area contributed by atoms with Crippen LogP contribution in [0.1, 0.15) is 34.0 Å². The number of ether oxygens (including phenoxy) is 16. The van der Waals surface area contributed by atoms with Gasteiger partial charge in [-0.25, -0.2) is 19.2 Å². The van der Waals surface area contributed by atoms with Gasteiger partial charge in [0.15, 0.2) is 65.6 Å². The Kier molecular flexibility index (Phi) is 26.8. The molecule has 0 radical (unpaired) electrons. The van der Waals surface area contributed by atoms with E-state index in [2.05, 4.69) is 0 Å². The number of phenols is 2. The summed E-state index contributed by atoms with van der Waals surface area (Å²) in [4.78, 5) is 55.7. The van der Waals surface area contributed by atoms with Crippen molar-refractivity contribution in [1.29, 1.82) is 0 Å². The second-order valence-electron chi connectivity index (χ2n) is 23.8. The molecular weight excluding hydrogens is 1360 g/mol. The van der Waals surface area contributed by atoms with Crippen molar-refractivity contribution >= 4 is 42.1 Å². The lowest BCUT2D eigenvalue weighted by Gasteiger charge is -2.50. The van der Waals surface area contributed by atoms with E-state index in [4.69, 9.17) is 75.8 Å². The quantitative estimate of drug-likeness (QED) is 0.0157. The normalized spacial score (nSPS) is 34.1. The van der Waals surface area contributed by atoms with Crippen molar-refractivity contribution in [3.05, 3.63) is 125 Å². The number of aromatic hydroxyl groups is 2. The predicted molar refractivity (Wildman–Crippen MR) is 338 cm³/mol. The fourth-order valence-electron chi connectivity index (χ4n) is 11.4. The highest BCUT2D eigenvalue weighted by atomic mass is 16.8. The summed E-state index contributed by atoms with van der Waals surface area (Å²) in [5, 5.41) is 164. The summed E-state index contributed by atoms with van der Waals surface area (Å²) in [6, 6.07) is 19.2. The summed E-state index contributed by atoms with van der Waals surface area (Å²) in [5.41, 5.74) is 0.656. The van der Waals surface area contributed by atoms with Crippen molar-refractivity contribution in [3.8, 4) is 34.5 Å². The standard InChI is InChI=1S/C67H80O35/c1-30-48(76)52(80)55(83)63(92-30)93-37-18-12-33(24-40(37)89-4)15-21-47(75)97-58-43(27-70)95-66(102-67(29-91-46(74)20-14-32-11-17-36(72)39(23-32)88-3)61(51(79)42(26-69)101-67)100-62(86)34-8-6-5-7-9-34)60(99-64-56(84)53(81)49(77)41(25-68)94-64)59(58)98-65-57(85)54(82)50(78)44(96-65)28-90-45(73)19-13-31-10-16-35(71)38(22-31)87-2/h5-24,30,41-44,48-61,63-66,68-72,76-85H,25-29H2,1-4H3/b19-13+,20-14+,21-15+/t30-,41+,42+,43+,44+,48-,49+,50+,51+,52+,53-,54-,55+,56+,57+,58+,59-,60+,61-,63-,64-,65-,66+,67-/m0/s1. The van der Waals surface area contributed by atoms with Crippen molar-refractivity contribution in [2.24, 2.45) is 0 Å². The van der Waals surface area contributed by atoms with Crippen molar-refractivity contribution in [2.75, 3.05) is 54.4 Å². The van der Waals surface area contributed by atoms with Gasteiger partial charge < -0.3 is 152 Å². The molecule has 24 atom stereocenters. The Balaban J connectivity index is 1.12. The molecule has 5 aliphatic rings. The second-order valence-corrected chi connectivity index (χ2v) is 23.8. The molecule has 0 aliphatic carbocycles. The third-order valence-electron chi connectivity index (χ3n) is 17.0. The maximum absolute atomic E-state index is 14.5. The number of benzene rings is 4. The first-order valence-corrected chi connectivity index (χ1v) is 31.6. The Bertz CT molecular complexity index is 3550. The van der Waals surface area contributed by atoms with Crippen LogP contribution in [0.5, 0.6) is 34.5 Å². The maximum atomic E-state index is 14.5. The van der Waals surface area contributed by atoms with Gasteiger partial charge in [0.25, 0.3) is 0 Å². The van der Waals surface area contributed by atoms with Crippen molar-refractivity contribution in [3.63, 3.8) is 0 Å². The van der Waals surface area contributed by atoms with E-state index in [1.807, 2.05) is 0 Å². The topological polar surface area (TPSA) is 519 Å². The zero-order valence-electron chi connectivity index (χ0n) is 54.7. The van der Waals surface area contributed by atoms with Gasteiger partial charge in [0.1, 0.15) is 111 Å². The number of methoxy groups -OCH3 is 3. The summed E-state index contributed by atoms with van der Waals surface area (Å²) in [5.74, 6) is -8.28. The molecule has 5 aliphatic heterocycles. The highest BCUT2D eigenvalue weighted by Crippen LogP contribution is 2.43. The van der Waals surface area contributed by atoms with Gasteiger partial charge in [-0.2, -0.15) is 0 Å². The number of aliphatic hydroxyl groups excluding tert-OH is 13. The molecule has 0 aromatic heterocycles. The Morgan fingerprint density at radius 1 is 0.461 bits per heavy atom. The molecule has 0 unspecified atom stereocenters. The van der Waals surface area contributed by atoms with Crippen LogP contribution in [0.4, 0.5) is 0 Å². The lowest BCUT2D eigenvalue weighted by molar-refractivity contribution is -0.421. The van der Waals surface area contributed by atoms with E-state index in [-0.39, 0.29) is 51.2 Å². The molecule has 558 valence electrons. The molecule has 5 fully saturated rings. The number of aliphatic hydroxyl groups is 13. The lowest BCUT2D eigenvalue weighted by atomic mass is 9.95. The van der Waals surface area contributed by atoms with Crippen molar-refractivity contribution in [2.45, 2.75) is 154 Å². The van der Waals surface area contributed by atoms with Crippen LogP contribution >= 0.6 is 0 Å². The van der Waals surface area contributed by atoms with Crippen LogP contribution in [0, 0.1) is 0 Å². The van der Waals surface area contributed by atoms with E-state index in [1.54, 1.807) is 6.07 Å². The number of carbonyl (C=O) groups excluding carboxylic acids is 4. The van der Waals surface area contributed by atoms with Gasteiger partial charge in [-0.05, 0) is 90.4 Å². The molecule has 5 heterocycles. The molecule has 0 amide bonds. The largest absolute Gasteiger partial charge is 0.504 e. The molecule has 5 saturated heterocycles. The van der Waals surface area contributed by atoms with Gasteiger partial charge in [0.2, 0.25) is 12.1 Å². The van der Waals surface area contributed by atoms with E-state index in [1.165, 1.54) is 119 Å². The second kappa shape index (κ2) is 34.9. The summed E-state index contributed by atoms with van der Waals surface area (Å²) in [6.45, 7) is -4.20. The summed E-state index contributed by atoms with van der Waals surface area (Å²) < 4.78 is 93.9. The first kappa shape index (κ1) is 78.1. The van der Waals surface area contributed by atoms with E-state index >= 15 is 0 Å². The SMILES string of the molecule is COc1cc(/C=C/C(=O)OC[C@H]2O[C@@H](O[C@@H]3[C@@H](O[C@@H]4O[C@H](CO)[C@@H](O)[C@H](O)[C@H]4O)[C@@H](O[C@]4(COC(=O)/C=C/c5ccc(O)c(OC)c5)O[C@H](CO)[C@@H](O)[C@@H]4OC(=O)c4ccccc4)O[C@H](CO)[C@H]3OC(=O)/C=C/c3ccc(O[C@@H]4O[C@@H](C)[C@H](O)[C@@H](O)[C@H]4O)c(OC)c3)[C@H](O)[C@@H](O)[C@@H]2O)ccc1O. The van der Waals surface area contributed by atoms with Gasteiger partial charge in [-0.1, -0.05) is 36.4 Å². The van der Waals surface area contributed by atoms with Crippen molar-refractivity contribution < 1.29 is 172 Å². The van der Waals surface area contributed by atoms with Gasteiger partial charge in [0.05, 0.1) is 52.8 Å². The monoisotopic (exact) mass is 1440 g/mol. The average Bonchev–Trinajstić information content (AvgIpc) is 1.52. The lowest BCUT2D eigenvalue weighted by Crippen LogP contribution is -2.69. The number of phenolic OH excluding ortho intramolecular Hbond substituents is 2. The summed E-state index contributed by atoms with van der Waals surface area (Å²) in [7, 11) is 3.81. The number of hydrogen-bond acceptors (Lipinski definition) is 35. The van der Waals surface area contributed by atoms with Gasteiger partial charge >= 0.3 is 23.9 Å². The Morgan fingerprint density at radius 2 is 0.951 bits per heavy atom. The molecular formula is C67H80O35. The molecule has 0 saturated carbocycles. The van der Waals surface area contributed by atoms with Crippen LogP contribution in [-0.2, 0) is 71.2 Å². The number of esters is 4. The van der Waals surface area contributed by atoms with Crippen LogP contribution in [0.15, 0.2) is 103 Å². The number of carbonyl (C=O) groups is 4. The molecule has 35 heteroatoms. The minimum atomic E-state index is -2.99. The smallest absolute Gasteiger partial charge is 0.338 e. The third kappa shape index (κ3) is 18.1. The molecule has 0 spiro atoms. The molecule has 9 rings (SSSR count). The fourth-order valence-corrected chi connectivity index (χ4v) is 11.4. The van der Waals surface area contributed by atoms with Crippen molar-refractivity contribution in [1.82, 2.24) is 0 Å². The van der Waals surface area contributed by atoms with Crippen LogP contribution in [0.3, 0.4) is 0 Å². The van der Waals surface area contributed by atoms with Crippen LogP contribution in [-0.4, -0.2) is 302 Å². The molecule has 35 nitrogen and oxygen atoms in total. The van der Waals surface area contributed by atoms with Gasteiger partial charge in [-0.15, -0.1) is 0 Å². The average molecular weight is 1450 g/mol. The van der Waals surface area contributed by atoms with E-state index < -0.39 is 204 Å². The highest BCUT2D eigenvalue weighted by Gasteiger charge is 2.64. The minimum Gasteiger partial charge on any atom is -0.504 e. The first-order valence-electron chi connectivity index (χ1n) is 31.6. The third-order valence-corrected chi connectivity index (χ3v) is 17.0. The van der Waals surface area contributed by atoms with Crippen LogP contribution in [0.25, 0.3) is 18.2 Å². The molecule has 4 aromatic rings. The Hall–Kier alpha value is -8.06. The molecule has 0 bridgehead atoms. The van der Waals surface area contributed by atoms with Crippen LogP contribution < -0.4 is 18.9 Å². The maximum Gasteiger partial charge on any atom is 0.338 e. The highest BCUT2D eigenvalue weighted by molar-refractivity contribution is 5.90. The van der Waals surface area contributed by atoms with E-state index in [0.29, 0.717) is 5.56 Å². The van der Waals surface area contributed by atoms with Gasteiger partial charge in [-0.3, -0.25) is 0 Å². The van der Waals surface area contributed by atoms with E-state index in [9.17, 15) is 95.8 Å². The Labute approximate surface area is 580 Å². The van der Waals surface area contributed by atoms with Crippen LogP contribution in [0.2, 0.25) is 0 Å². The summed E-state index contributed by atoms with van der Waals surface area (Å²) >= 11 is 0. The molecule has 15 N–H and O–H groups in total.